The fourth-order valence-corrected chi connectivity index (χ4v) is 6.95. The number of fused-ring (bicyclic) bond motifs is 2. The molecule has 0 aliphatic carbocycles. The number of hydrogen-bond acceptors (Lipinski definition) is 8. The quantitative estimate of drug-likeness (QED) is 0.124. The van der Waals surface area contributed by atoms with Gasteiger partial charge in [0.2, 0.25) is 0 Å². The van der Waals surface area contributed by atoms with Crippen LogP contribution in [0.5, 0.6) is 11.5 Å². The van der Waals surface area contributed by atoms with E-state index in [4.69, 9.17) is 18.9 Å². The van der Waals surface area contributed by atoms with Crippen LogP contribution in [0.15, 0.2) is 72.8 Å². The largest absolute Gasteiger partial charge is 0.489 e. The number of rotatable bonds is 10. The molecule has 0 unspecified atom stereocenters. The summed E-state index contributed by atoms with van der Waals surface area (Å²) >= 11 is 0. The molecule has 1 atom stereocenters. The average molecular weight is 1000 g/mol. The van der Waals surface area contributed by atoms with Gasteiger partial charge in [-0.15, -0.1) is 12.4 Å². The molecule has 0 aromatic heterocycles. The van der Waals surface area contributed by atoms with Gasteiger partial charge in [-0.3, -0.25) is 14.5 Å². The molecular weight excluding hydrogens is 958 g/mol. The molecule has 6 rings (SSSR count). The van der Waals surface area contributed by atoms with Crippen molar-refractivity contribution >= 4 is 41.8 Å². The number of nitrogens with zero attached hydrogens (tertiary/aromatic N) is 2. The molecule has 0 radical (unpaired) electrons. The van der Waals surface area contributed by atoms with E-state index >= 15 is 0 Å². The molecule has 0 saturated carbocycles. The van der Waals surface area contributed by atoms with Crippen molar-refractivity contribution in [2.45, 2.75) is 89.6 Å². The molecule has 2 aliphatic heterocycles. The zero-order valence-electron chi connectivity index (χ0n) is 36.7. The molecule has 1 N–H and O–H groups in total. The number of benzene rings is 4. The number of methoxy groups -OCH3 is 1. The van der Waals surface area contributed by atoms with Crippen molar-refractivity contribution in [2.24, 2.45) is 0 Å². The number of alkyl halides is 12. The number of amides is 2. The topological polar surface area (TPSA) is 107 Å². The lowest BCUT2D eigenvalue weighted by Gasteiger charge is -2.32. The maximum atomic E-state index is 13.5. The van der Waals surface area contributed by atoms with Gasteiger partial charge < -0.3 is 29.2 Å². The smallest absolute Gasteiger partial charge is 0.416 e. The Morgan fingerprint density at radius 2 is 1.18 bits per heavy atom. The average Bonchev–Trinajstić information content (AvgIpc) is 3.88. The lowest BCUT2D eigenvalue weighted by molar-refractivity contribution is -0.145. The van der Waals surface area contributed by atoms with E-state index in [9.17, 15) is 67.1 Å². The standard InChI is InChI=1S/C28H30F6N2O6.C17H13F6NO.ClH/c1-26(2,3)42-25(39)35(4)22(14-23(37)40-5)24(38)36-11-10-16-12-19(8-9-21(16)36)41-15-17-6-7-18(27(29,30)31)13-20(17)28(32,33)34;18-16(19,20)12-2-1-11(14(8-12)17(21,22)23)9-25-13-3-4-15-10(7-13)5-6-24-15;/h6-9,12-13,22H,10-11,14-15H2,1-5H3;1-4,7-8,24H,5-6,9H2;1H/t22-;;/m1../s1. The Labute approximate surface area is 387 Å². The van der Waals surface area contributed by atoms with Gasteiger partial charge >= 0.3 is 36.8 Å². The van der Waals surface area contributed by atoms with Crippen molar-refractivity contribution in [3.63, 3.8) is 0 Å². The van der Waals surface area contributed by atoms with E-state index in [0.717, 1.165) is 48.4 Å². The highest BCUT2D eigenvalue weighted by molar-refractivity contribution is 6.02. The molecule has 372 valence electrons. The van der Waals surface area contributed by atoms with Gasteiger partial charge in [-0.2, -0.15) is 52.7 Å². The van der Waals surface area contributed by atoms with Crippen molar-refractivity contribution in [3.05, 3.63) is 117 Å². The number of anilines is 2. The first-order chi connectivity index (χ1) is 31.0. The zero-order valence-corrected chi connectivity index (χ0v) is 37.5. The summed E-state index contributed by atoms with van der Waals surface area (Å²) in [6, 6.07) is 11.1. The molecule has 68 heavy (non-hydrogen) atoms. The van der Waals surface area contributed by atoms with Crippen molar-refractivity contribution < 1.29 is 86.0 Å². The van der Waals surface area contributed by atoms with Gasteiger partial charge in [0, 0.05) is 42.6 Å². The summed E-state index contributed by atoms with van der Waals surface area (Å²) in [6.45, 7) is 4.76. The van der Waals surface area contributed by atoms with E-state index in [2.05, 4.69) is 5.32 Å². The number of esters is 1. The fourth-order valence-electron chi connectivity index (χ4n) is 6.95. The molecule has 4 aromatic carbocycles. The van der Waals surface area contributed by atoms with Crippen LogP contribution in [0.2, 0.25) is 0 Å². The Morgan fingerprint density at radius 3 is 1.65 bits per heavy atom. The molecule has 10 nitrogen and oxygen atoms in total. The molecular formula is C45H44ClF12N3O7. The van der Waals surface area contributed by atoms with Crippen LogP contribution in [0.1, 0.15) is 71.7 Å². The number of carbonyl (C=O) groups excluding carboxylic acids is 3. The number of nitrogens with one attached hydrogen (secondary N) is 1. The van der Waals surface area contributed by atoms with Gasteiger partial charge in [0.15, 0.2) is 0 Å². The minimum Gasteiger partial charge on any atom is -0.489 e. The summed E-state index contributed by atoms with van der Waals surface area (Å²) in [5.74, 6) is -0.808. The summed E-state index contributed by atoms with van der Waals surface area (Å²) < 4.78 is 177. The molecule has 0 spiro atoms. The second kappa shape index (κ2) is 21.1. The van der Waals surface area contributed by atoms with Crippen LogP contribution in [0.25, 0.3) is 0 Å². The van der Waals surface area contributed by atoms with Crippen molar-refractivity contribution in [1.29, 1.82) is 0 Å². The maximum absolute atomic E-state index is 13.5. The van der Waals surface area contributed by atoms with Crippen molar-refractivity contribution in [1.82, 2.24) is 4.90 Å². The molecule has 0 fully saturated rings. The third-order valence-corrected chi connectivity index (χ3v) is 10.3. The van der Waals surface area contributed by atoms with E-state index in [1.165, 1.54) is 30.1 Å². The molecule has 2 amide bonds. The Balaban J connectivity index is 0.000000329. The van der Waals surface area contributed by atoms with Crippen LogP contribution < -0.4 is 19.7 Å². The van der Waals surface area contributed by atoms with E-state index in [1.807, 2.05) is 0 Å². The summed E-state index contributed by atoms with van der Waals surface area (Å²) in [5, 5.41) is 3.14. The monoisotopic (exact) mass is 1000 g/mol. The highest BCUT2D eigenvalue weighted by atomic mass is 35.5. The first kappa shape index (κ1) is 54.5. The Kier molecular flexibility index (Phi) is 16.9. The SMILES string of the molecule is COC(=O)C[C@H](C(=O)N1CCc2cc(OCc3ccc(C(F)(F)F)cc3C(F)(F)F)ccc21)N(C)C(=O)OC(C)(C)C.Cl.FC(F)(F)c1ccc(COc2ccc3c(c2)CCN3)c(C(F)(F)F)c1. The molecule has 4 aromatic rings. The van der Waals surface area contributed by atoms with Gasteiger partial charge in [-0.25, -0.2) is 4.79 Å². The Morgan fingerprint density at radius 1 is 0.676 bits per heavy atom. The fraction of sp³-hybridized carbons (Fsp3) is 0.400. The van der Waals surface area contributed by atoms with Crippen LogP contribution >= 0.6 is 12.4 Å². The highest BCUT2D eigenvalue weighted by Crippen LogP contribution is 2.40. The number of hydrogen-bond donors (Lipinski definition) is 1. The van der Waals surface area contributed by atoms with Gasteiger partial charge in [-0.05, 0) is 105 Å². The van der Waals surface area contributed by atoms with Gasteiger partial charge in [0.1, 0.15) is 36.4 Å². The molecule has 2 heterocycles. The lowest BCUT2D eigenvalue weighted by atomic mass is 10.0. The number of halogens is 13. The molecule has 2 aliphatic rings. The highest BCUT2D eigenvalue weighted by Gasteiger charge is 2.41. The number of ether oxygens (including phenoxy) is 4. The summed E-state index contributed by atoms with van der Waals surface area (Å²) in [7, 11) is 2.47. The summed E-state index contributed by atoms with van der Waals surface area (Å²) in [4.78, 5) is 40.7. The normalized spacial score (nSPS) is 14.0. The molecule has 0 saturated heterocycles. The minimum absolute atomic E-state index is 0. The van der Waals surface area contributed by atoms with Crippen LogP contribution in [-0.2, 0) is 69.8 Å². The van der Waals surface area contributed by atoms with E-state index in [-0.39, 0.29) is 42.4 Å². The number of carbonyl (C=O) groups is 3. The van der Waals surface area contributed by atoms with Gasteiger partial charge in [0.05, 0.1) is 35.8 Å². The first-order valence-electron chi connectivity index (χ1n) is 20.1. The third-order valence-electron chi connectivity index (χ3n) is 10.3. The van der Waals surface area contributed by atoms with Crippen molar-refractivity contribution in [2.75, 3.05) is 37.5 Å². The van der Waals surface area contributed by atoms with Gasteiger partial charge in [-0.1, -0.05) is 12.1 Å². The van der Waals surface area contributed by atoms with Crippen molar-refractivity contribution in [3.8, 4) is 11.5 Å². The predicted molar refractivity (Wildman–Crippen MR) is 224 cm³/mol. The molecule has 23 heteroatoms. The van der Waals surface area contributed by atoms with E-state index in [0.29, 0.717) is 35.6 Å². The van der Waals surface area contributed by atoms with Crippen LogP contribution in [-0.4, -0.2) is 61.8 Å². The Hall–Kier alpha value is -6.06. The summed E-state index contributed by atoms with van der Waals surface area (Å²) in [6.07, 6.45) is -19.9. The first-order valence-corrected chi connectivity index (χ1v) is 20.1. The van der Waals surface area contributed by atoms with Crippen LogP contribution in [0.3, 0.4) is 0 Å². The second-order valence-corrected chi connectivity index (χ2v) is 16.2. The minimum atomic E-state index is -5.04. The summed E-state index contributed by atoms with van der Waals surface area (Å²) in [5.41, 5.74) is -4.29. The second-order valence-electron chi connectivity index (χ2n) is 16.2. The van der Waals surface area contributed by atoms with E-state index in [1.54, 1.807) is 39.0 Å². The lowest BCUT2D eigenvalue weighted by Crippen LogP contribution is -2.51. The van der Waals surface area contributed by atoms with Crippen LogP contribution in [0, 0.1) is 0 Å². The third kappa shape index (κ3) is 14.0. The van der Waals surface area contributed by atoms with Gasteiger partial charge in [0.25, 0.3) is 5.91 Å². The van der Waals surface area contributed by atoms with Crippen LogP contribution in [0.4, 0.5) is 68.9 Å². The number of likely N-dealkylation sites (N-methyl/N-ethyl adjacent to an activating group) is 1. The predicted octanol–water partition coefficient (Wildman–Crippen LogP) is 11.7. The Bertz CT molecular complexity index is 2450. The zero-order chi connectivity index (χ0) is 49.9. The maximum Gasteiger partial charge on any atom is 0.416 e. The molecule has 0 bridgehead atoms. The van der Waals surface area contributed by atoms with E-state index < -0.39 is 102 Å².